The molecule has 0 radical (unpaired) electrons. The monoisotopic (exact) mass is 269 g/mol. The van der Waals surface area contributed by atoms with Crippen molar-refractivity contribution in [2.75, 3.05) is 6.61 Å². The van der Waals surface area contributed by atoms with Gasteiger partial charge in [0.05, 0.1) is 12.6 Å². The van der Waals surface area contributed by atoms with E-state index < -0.39 is 37.3 Å². The van der Waals surface area contributed by atoms with Crippen molar-refractivity contribution in [2.24, 2.45) is 0 Å². The minimum atomic E-state index is -1.28. The third kappa shape index (κ3) is 3.30. The Hall–Kier alpha value is -1.02. The van der Waals surface area contributed by atoms with Gasteiger partial charge in [-0.25, -0.2) is 0 Å². The number of hydrogen-bond donors (Lipinski definition) is 5. The van der Waals surface area contributed by atoms with E-state index in [0.717, 1.165) is 5.56 Å². The lowest BCUT2D eigenvalue weighted by Crippen LogP contribution is -2.63. The smallest absolute Gasteiger partial charge is 0.173 e. The molecule has 1 aromatic rings. The number of ether oxygens (including phenoxy) is 1. The summed E-state index contributed by atoms with van der Waals surface area (Å²) in [5.74, 6) is 0. The Bertz CT molecular complexity index is 388. The molecule has 0 aromatic heterocycles. The van der Waals surface area contributed by atoms with Gasteiger partial charge in [0.25, 0.3) is 0 Å². The average Bonchev–Trinajstić information content (AvgIpc) is 2.44. The number of benzene rings is 1. The molecule has 2 rings (SSSR count). The van der Waals surface area contributed by atoms with Gasteiger partial charge in [0.1, 0.15) is 18.3 Å². The highest BCUT2D eigenvalue weighted by Crippen LogP contribution is 2.20. The molecule has 5 N–H and O–H groups in total. The van der Waals surface area contributed by atoms with Crippen molar-refractivity contribution < 1.29 is 25.2 Å². The van der Waals surface area contributed by atoms with E-state index in [4.69, 9.17) is 9.84 Å². The van der Waals surface area contributed by atoms with Crippen LogP contribution in [-0.2, 0) is 11.3 Å². The van der Waals surface area contributed by atoms with Crippen LogP contribution in [0.25, 0.3) is 0 Å². The summed E-state index contributed by atoms with van der Waals surface area (Å²) in [7, 11) is 0. The summed E-state index contributed by atoms with van der Waals surface area (Å²) in [6.45, 7) is -0.0276. The number of aliphatic hydroxyl groups excluding tert-OH is 4. The first-order valence-electron chi connectivity index (χ1n) is 6.21. The molecule has 0 saturated carbocycles. The fourth-order valence-electron chi connectivity index (χ4n) is 2.15. The first kappa shape index (κ1) is 14.4. The summed E-state index contributed by atoms with van der Waals surface area (Å²) in [5.41, 5.74) is 0.987. The second kappa shape index (κ2) is 6.42. The van der Waals surface area contributed by atoms with Gasteiger partial charge in [-0.05, 0) is 5.56 Å². The standard InChI is InChI=1S/C13H19NO5/c15-7-9-11(16)12(17)10(13(18)19-9)14-6-8-4-2-1-3-5-8/h1-5,9-18H,6-7H2/t9-,10-,11-,12-,13?/m1/s1. The van der Waals surface area contributed by atoms with Crippen molar-refractivity contribution in [3.8, 4) is 0 Å². The van der Waals surface area contributed by atoms with Crippen LogP contribution in [0.4, 0.5) is 0 Å². The maximum Gasteiger partial charge on any atom is 0.173 e. The van der Waals surface area contributed by atoms with E-state index in [-0.39, 0.29) is 0 Å². The molecule has 1 aliphatic heterocycles. The van der Waals surface area contributed by atoms with Crippen molar-refractivity contribution >= 4 is 0 Å². The van der Waals surface area contributed by atoms with Crippen molar-refractivity contribution in [1.29, 1.82) is 0 Å². The highest BCUT2D eigenvalue weighted by molar-refractivity contribution is 5.14. The largest absolute Gasteiger partial charge is 0.394 e. The molecule has 1 saturated heterocycles. The summed E-state index contributed by atoms with van der Waals surface area (Å²) >= 11 is 0. The minimum absolute atomic E-state index is 0.430. The fraction of sp³-hybridized carbons (Fsp3) is 0.538. The first-order valence-corrected chi connectivity index (χ1v) is 6.21. The first-order chi connectivity index (χ1) is 9.13. The van der Waals surface area contributed by atoms with E-state index in [1.807, 2.05) is 30.3 Å². The van der Waals surface area contributed by atoms with Crippen LogP contribution in [0, 0.1) is 0 Å². The van der Waals surface area contributed by atoms with Crippen LogP contribution in [0.2, 0.25) is 0 Å². The van der Waals surface area contributed by atoms with E-state index in [9.17, 15) is 15.3 Å². The summed E-state index contributed by atoms with van der Waals surface area (Å²) in [6.07, 6.45) is -4.69. The van der Waals surface area contributed by atoms with E-state index in [1.165, 1.54) is 0 Å². The lowest BCUT2D eigenvalue weighted by molar-refractivity contribution is -0.254. The molecule has 6 heteroatoms. The molecular formula is C13H19NO5. The van der Waals surface area contributed by atoms with Gasteiger partial charge in [-0.1, -0.05) is 30.3 Å². The molecule has 6 nitrogen and oxygen atoms in total. The predicted molar refractivity (Wildman–Crippen MR) is 67.0 cm³/mol. The zero-order valence-electron chi connectivity index (χ0n) is 10.4. The Morgan fingerprint density at radius 1 is 1.05 bits per heavy atom. The quantitative estimate of drug-likeness (QED) is 0.459. The van der Waals surface area contributed by atoms with Gasteiger partial charge in [0.15, 0.2) is 6.29 Å². The molecule has 1 unspecified atom stereocenters. The van der Waals surface area contributed by atoms with E-state index in [0.29, 0.717) is 6.54 Å². The Balaban J connectivity index is 1.96. The molecule has 5 atom stereocenters. The van der Waals surface area contributed by atoms with Crippen LogP contribution in [-0.4, -0.2) is 57.7 Å². The number of aliphatic hydroxyl groups is 4. The molecule has 0 aliphatic carbocycles. The second-order valence-electron chi connectivity index (χ2n) is 4.62. The topological polar surface area (TPSA) is 102 Å². The Morgan fingerprint density at radius 3 is 2.37 bits per heavy atom. The lowest BCUT2D eigenvalue weighted by Gasteiger charge is -2.40. The summed E-state index contributed by atoms with van der Waals surface area (Å²) in [5, 5.41) is 41.3. The highest BCUT2D eigenvalue weighted by atomic mass is 16.6. The molecule has 1 aromatic carbocycles. The zero-order valence-corrected chi connectivity index (χ0v) is 10.4. The summed E-state index contributed by atoms with van der Waals surface area (Å²) < 4.78 is 5.05. The van der Waals surface area contributed by atoms with Crippen molar-refractivity contribution in [2.45, 2.75) is 37.2 Å². The van der Waals surface area contributed by atoms with Crippen LogP contribution in [0.15, 0.2) is 30.3 Å². The van der Waals surface area contributed by atoms with Gasteiger partial charge < -0.3 is 30.5 Å². The Labute approximate surface area is 111 Å². The molecule has 0 spiro atoms. The molecule has 0 amide bonds. The third-order valence-corrected chi connectivity index (χ3v) is 3.28. The Kier molecular flexibility index (Phi) is 4.87. The van der Waals surface area contributed by atoms with Crippen LogP contribution < -0.4 is 5.32 Å². The van der Waals surface area contributed by atoms with Crippen molar-refractivity contribution in [3.05, 3.63) is 35.9 Å². The van der Waals surface area contributed by atoms with Gasteiger partial charge in [-0.3, -0.25) is 0 Å². The second-order valence-corrected chi connectivity index (χ2v) is 4.62. The molecule has 1 aliphatic rings. The van der Waals surface area contributed by atoms with Gasteiger partial charge >= 0.3 is 0 Å². The van der Waals surface area contributed by atoms with Crippen LogP contribution in [0.3, 0.4) is 0 Å². The van der Waals surface area contributed by atoms with Gasteiger partial charge in [0.2, 0.25) is 0 Å². The molecule has 1 fully saturated rings. The summed E-state index contributed by atoms with van der Waals surface area (Å²) in [4.78, 5) is 0. The van der Waals surface area contributed by atoms with E-state index in [1.54, 1.807) is 0 Å². The normalized spacial score (nSPS) is 35.3. The molecule has 0 bridgehead atoms. The van der Waals surface area contributed by atoms with Gasteiger partial charge in [-0.15, -0.1) is 0 Å². The van der Waals surface area contributed by atoms with Crippen molar-refractivity contribution in [3.63, 3.8) is 0 Å². The molecule has 19 heavy (non-hydrogen) atoms. The predicted octanol–water partition coefficient (Wildman–Crippen LogP) is -1.42. The van der Waals surface area contributed by atoms with Crippen LogP contribution in [0.1, 0.15) is 5.56 Å². The summed E-state index contributed by atoms with van der Waals surface area (Å²) in [6, 6.07) is 8.67. The van der Waals surface area contributed by atoms with Crippen LogP contribution >= 0.6 is 0 Å². The maximum atomic E-state index is 9.92. The third-order valence-electron chi connectivity index (χ3n) is 3.28. The van der Waals surface area contributed by atoms with Crippen molar-refractivity contribution in [1.82, 2.24) is 5.32 Å². The number of nitrogens with one attached hydrogen (secondary N) is 1. The zero-order chi connectivity index (χ0) is 13.8. The fourth-order valence-corrected chi connectivity index (χ4v) is 2.15. The minimum Gasteiger partial charge on any atom is -0.394 e. The van der Waals surface area contributed by atoms with Crippen LogP contribution in [0.5, 0.6) is 0 Å². The van der Waals surface area contributed by atoms with Gasteiger partial charge in [0, 0.05) is 6.54 Å². The highest BCUT2D eigenvalue weighted by Gasteiger charge is 2.43. The van der Waals surface area contributed by atoms with E-state index in [2.05, 4.69) is 5.32 Å². The lowest BCUT2D eigenvalue weighted by atomic mass is 9.97. The molecular weight excluding hydrogens is 250 g/mol. The average molecular weight is 269 g/mol. The maximum absolute atomic E-state index is 9.92. The molecule has 1 heterocycles. The van der Waals surface area contributed by atoms with Gasteiger partial charge in [-0.2, -0.15) is 0 Å². The van der Waals surface area contributed by atoms with E-state index >= 15 is 0 Å². The molecule has 106 valence electrons. The SMILES string of the molecule is OC[C@H]1OC(O)[C@H](NCc2ccccc2)[C@@H](O)[C@@H]1O. The number of hydrogen-bond acceptors (Lipinski definition) is 6. The number of rotatable bonds is 4. The Morgan fingerprint density at radius 2 is 1.74 bits per heavy atom.